The van der Waals surface area contributed by atoms with Crippen LogP contribution in [0.4, 0.5) is 5.95 Å². The Bertz CT molecular complexity index is 615. The van der Waals surface area contributed by atoms with E-state index in [-0.39, 0.29) is 17.9 Å². The first kappa shape index (κ1) is 14.0. The van der Waals surface area contributed by atoms with E-state index in [9.17, 15) is 0 Å². The van der Waals surface area contributed by atoms with Gasteiger partial charge in [-0.15, -0.1) is 0 Å². The summed E-state index contributed by atoms with van der Waals surface area (Å²) in [4.78, 5) is 14.5. The third kappa shape index (κ3) is 3.40. The summed E-state index contributed by atoms with van der Waals surface area (Å²) in [7, 11) is 0. The second kappa shape index (κ2) is 6.24. The van der Waals surface area contributed by atoms with Crippen LogP contribution in [0.1, 0.15) is 18.4 Å². The molecule has 0 atom stereocenters. The number of hydrogen-bond acceptors (Lipinski definition) is 6. The van der Waals surface area contributed by atoms with Crippen LogP contribution in [-0.4, -0.2) is 33.1 Å². The predicted octanol–water partition coefficient (Wildman–Crippen LogP) is 2.41. The number of halogens is 1. The number of aromatic nitrogens is 3. The fraction of sp³-hybridized carbons (Fsp3) is 0.357. The minimum Gasteiger partial charge on any atom is -0.424 e. The van der Waals surface area contributed by atoms with E-state index < -0.39 is 0 Å². The number of nitrogens with zero attached hydrogens (tertiary/aromatic N) is 4. The normalized spacial score (nSPS) is 14.5. The molecule has 0 spiro atoms. The molecule has 1 aliphatic heterocycles. The molecule has 3 rings (SSSR count). The third-order valence-electron chi connectivity index (χ3n) is 3.28. The van der Waals surface area contributed by atoms with Gasteiger partial charge < -0.3 is 14.7 Å². The van der Waals surface area contributed by atoms with Crippen LogP contribution in [0.15, 0.2) is 24.3 Å². The lowest BCUT2D eigenvalue weighted by atomic mass is 10.2. The van der Waals surface area contributed by atoms with Crippen molar-refractivity contribution in [3.05, 3.63) is 35.1 Å². The molecule has 0 amide bonds. The standard InChI is InChI=1S/C14H15ClN4O2/c15-12-16-13(19-7-1-2-8-19)18-14(17-12)21-11-5-3-10(9-20)4-6-11/h3-6,20H,1-2,7-9H2. The van der Waals surface area contributed by atoms with E-state index >= 15 is 0 Å². The van der Waals surface area contributed by atoms with Gasteiger partial charge in [0.05, 0.1) is 6.61 Å². The first-order valence-corrected chi connectivity index (χ1v) is 7.16. The van der Waals surface area contributed by atoms with E-state index in [1.54, 1.807) is 24.3 Å². The number of rotatable bonds is 4. The summed E-state index contributed by atoms with van der Waals surface area (Å²) in [5.41, 5.74) is 0.814. The van der Waals surface area contributed by atoms with Crippen LogP contribution in [0.3, 0.4) is 0 Å². The Labute approximate surface area is 127 Å². The van der Waals surface area contributed by atoms with Crippen LogP contribution < -0.4 is 9.64 Å². The highest BCUT2D eigenvalue weighted by Gasteiger charge is 2.17. The molecule has 2 heterocycles. The second-order valence-corrected chi connectivity index (χ2v) is 5.12. The van der Waals surface area contributed by atoms with Crippen LogP contribution in [0, 0.1) is 0 Å². The van der Waals surface area contributed by atoms with E-state index in [2.05, 4.69) is 19.9 Å². The SMILES string of the molecule is OCc1ccc(Oc2nc(Cl)nc(N3CCCC3)n2)cc1. The van der Waals surface area contributed by atoms with E-state index in [0.717, 1.165) is 31.5 Å². The molecule has 1 N–H and O–H groups in total. The van der Waals surface area contributed by atoms with E-state index in [1.165, 1.54) is 0 Å². The first-order chi connectivity index (χ1) is 10.2. The maximum absolute atomic E-state index is 9.02. The van der Waals surface area contributed by atoms with Crippen molar-refractivity contribution in [2.75, 3.05) is 18.0 Å². The molecular formula is C14H15ClN4O2. The number of aliphatic hydroxyl groups excluding tert-OH is 1. The van der Waals surface area contributed by atoms with Gasteiger partial charge in [-0.05, 0) is 42.1 Å². The molecule has 110 valence electrons. The van der Waals surface area contributed by atoms with E-state index in [1.807, 2.05) is 0 Å². The van der Waals surface area contributed by atoms with Crippen molar-refractivity contribution in [3.63, 3.8) is 0 Å². The van der Waals surface area contributed by atoms with Crippen LogP contribution in [0.2, 0.25) is 5.28 Å². The molecule has 0 unspecified atom stereocenters. The lowest BCUT2D eigenvalue weighted by Gasteiger charge is -2.15. The second-order valence-electron chi connectivity index (χ2n) is 4.79. The zero-order chi connectivity index (χ0) is 14.7. The van der Waals surface area contributed by atoms with Gasteiger partial charge in [-0.3, -0.25) is 0 Å². The van der Waals surface area contributed by atoms with Crippen LogP contribution in [0.5, 0.6) is 11.8 Å². The van der Waals surface area contributed by atoms with Gasteiger partial charge in [0.2, 0.25) is 11.2 Å². The van der Waals surface area contributed by atoms with E-state index in [0.29, 0.717) is 11.7 Å². The monoisotopic (exact) mass is 306 g/mol. The molecule has 1 aromatic carbocycles. The predicted molar refractivity (Wildman–Crippen MR) is 78.7 cm³/mol. The number of anilines is 1. The highest BCUT2D eigenvalue weighted by molar-refractivity contribution is 6.28. The largest absolute Gasteiger partial charge is 0.424 e. The minimum absolute atomic E-state index is 0.00300. The lowest BCUT2D eigenvalue weighted by molar-refractivity contribution is 0.281. The summed E-state index contributed by atoms with van der Waals surface area (Å²) < 4.78 is 5.60. The zero-order valence-electron chi connectivity index (χ0n) is 11.4. The highest BCUT2D eigenvalue weighted by Crippen LogP contribution is 2.23. The van der Waals surface area contributed by atoms with Crippen molar-refractivity contribution in [2.45, 2.75) is 19.4 Å². The van der Waals surface area contributed by atoms with Crippen LogP contribution in [-0.2, 0) is 6.61 Å². The molecule has 0 aliphatic carbocycles. The van der Waals surface area contributed by atoms with Crippen molar-refractivity contribution in [1.82, 2.24) is 15.0 Å². The molecule has 1 saturated heterocycles. The van der Waals surface area contributed by atoms with Crippen molar-refractivity contribution in [2.24, 2.45) is 0 Å². The fourth-order valence-corrected chi connectivity index (χ4v) is 2.34. The third-order valence-corrected chi connectivity index (χ3v) is 3.45. The Morgan fingerprint density at radius 2 is 1.81 bits per heavy atom. The molecule has 1 fully saturated rings. The summed E-state index contributed by atoms with van der Waals surface area (Å²) in [6, 6.07) is 7.23. The lowest BCUT2D eigenvalue weighted by Crippen LogP contribution is -2.21. The smallest absolute Gasteiger partial charge is 0.328 e. The number of ether oxygens (including phenoxy) is 1. The van der Waals surface area contributed by atoms with Crippen LogP contribution >= 0.6 is 11.6 Å². The van der Waals surface area contributed by atoms with Crippen molar-refractivity contribution in [1.29, 1.82) is 0 Å². The van der Waals surface area contributed by atoms with Gasteiger partial charge in [0.1, 0.15) is 5.75 Å². The summed E-state index contributed by atoms with van der Waals surface area (Å²) in [5.74, 6) is 1.14. The van der Waals surface area contributed by atoms with Crippen molar-refractivity contribution in [3.8, 4) is 11.8 Å². The molecule has 1 aliphatic rings. The summed E-state index contributed by atoms with van der Waals surface area (Å²) in [6.45, 7) is 1.84. The summed E-state index contributed by atoms with van der Waals surface area (Å²) >= 11 is 5.94. The van der Waals surface area contributed by atoms with Crippen molar-refractivity contribution >= 4 is 17.5 Å². The fourth-order valence-electron chi connectivity index (χ4n) is 2.19. The van der Waals surface area contributed by atoms with Gasteiger partial charge >= 0.3 is 6.01 Å². The Balaban J connectivity index is 1.80. The Kier molecular flexibility index (Phi) is 4.17. The van der Waals surface area contributed by atoms with E-state index in [4.69, 9.17) is 21.4 Å². The van der Waals surface area contributed by atoms with Gasteiger partial charge in [-0.2, -0.15) is 15.0 Å². The molecule has 6 nitrogen and oxygen atoms in total. The van der Waals surface area contributed by atoms with Crippen molar-refractivity contribution < 1.29 is 9.84 Å². The first-order valence-electron chi connectivity index (χ1n) is 6.79. The molecule has 2 aromatic rings. The molecule has 0 radical (unpaired) electrons. The molecule has 1 aromatic heterocycles. The molecular weight excluding hydrogens is 292 g/mol. The Morgan fingerprint density at radius 3 is 2.48 bits per heavy atom. The van der Waals surface area contributed by atoms with Gasteiger partial charge in [0, 0.05) is 13.1 Å². The molecule has 7 heteroatoms. The van der Waals surface area contributed by atoms with Gasteiger partial charge in [-0.1, -0.05) is 12.1 Å². The zero-order valence-corrected chi connectivity index (χ0v) is 12.1. The number of benzene rings is 1. The minimum atomic E-state index is -0.00300. The maximum atomic E-state index is 9.02. The molecule has 0 saturated carbocycles. The van der Waals surface area contributed by atoms with Gasteiger partial charge in [-0.25, -0.2) is 0 Å². The van der Waals surface area contributed by atoms with Crippen LogP contribution in [0.25, 0.3) is 0 Å². The summed E-state index contributed by atoms with van der Waals surface area (Å²) in [6.07, 6.45) is 2.25. The average molecular weight is 307 g/mol. The number of aliphatic hydroxyl groups is 1. The average Bonchev–Trinajstić information content (AvgIpc) is 3.02. The Hall–Kier alpha value is -1.92. The highest BCUT2D eigenvalue weighted by atomic mass is 35.5. The molecule has 0 bridgehead atoms. The number of hydrogen-bond donors (Lipinski definition) is 1. The topological polar surface area (TPSA) is 71.4 Å². The summed E-state index contributed by atoms with van der Waals surface area (Å²) in [5, 5.41) is 9.13. The van der Waals surface area contributed by atoms with Gasteiger partial charge in [0.15, 0.2) is 0 Å². The Morgan fingerprint density at radius 1 is 1.10 bits per heavy atom. The molecule has 21 heavy (non-hydrogen) atoms. The quantitative estimate of drug-likeness (QED) is 0.935. The van der Waals surface area contributed by atoms with Gasteiger partial charge in [0.25, 0.3) is 0 Å². The maximum Gasteiger partial charge on any atom is 0.328 e.